The Morgan fingerprint density at radius 1 is 1.25 bits per heavy atom. The second-order valence-corrected chi connectivity index (χ2v) is 5.16. The molecule has 1 aliphatic heterocycles. The van der Waals surface area contributed by atoms with Crippen molar-refractivity contribution in [3.63, 3.8) is 0 Å². The number of unbranched alkanes of at least 4 members (excludes halogenated alkanes) is 3. The van der Waals surface area contributed by atoms with Gasteiger partial charge in [-0.3, -0.25) is 4.90 Å². The first-order valence-corrected chi connectivity index (χ1v) is 7.36. The maximum atomic E-state index is 11.9. The van der Waals surface area contributed by atoms with Crippen molar-refractivity contribution in [2.45, 2.75) is 45.1 Å². The van der Waals surface area contributed by atoms with E-state index in [0.717, 1.165) is 24.3 Å². The van der Waals surface area contributed by atoms with Crippen LogP contribution in [0.1, 0.15) is 39.0 Å². The summed E-state index contributed by atoms with van der Waals surface area (Å²) in [6.07, 6.45) is 5.57. The monoisotopic (exact) mass is 277 g/mol. The molecule has 4 heteroatoms. The number of carbonyl (C=O) groups is 1. The van der Waals surface area contributed by atoms with E-state index in [0.29, 0.717) is 6.54 Å². The number of hydrogen-bond donors (Lipinski definition) is 0. The van der Waals surface area contributed by atoms with Crippen molar-refractivity contribution in [2.24, 2.45) is 0 Å². The summed E-state index contributed by atoms with van der Waals surface area (Å²) in [5.41, 5.74) is 0.867. The van der Waals surface area contributed by atoms with Gasteiger partial charge in [-0.1, -0.05) is 26.2 Å². The van der Waals surface area contributed by atoms with Gasteiger partial charge in [-0.2, -0.15) is 0 Å². The van der Waals surface area contributed by atoms with Crippen LogP contribution in [0.5, 0.6) is 5.75 Å². The topological polar surface area (TPSA) is 38.8 Å². The van der Waals surface area contributed by atoms with E-state index in [1.807, 2.05) is 24.3 Å². The fourth-order valence-electron chi connectivity index (χ4n) is 2.44. The average molecular weight is 277 g/mol. The number of hydrogen-bond acceptors (Lipinski definition) is 3. The number of cyclic esters (lactones) is 1. The fourth-order valence-corrected chi connectivity index (χ4v) is 2.44. The molecule has 2 rings (SSSR count). The van der Waals surface area contributed by atoms with Crippen LogP contribution in [-0.2, 0) is 4.74 Å². The Kier molecular flexibility index (Phi) is 5.27. The van der Waals surface area contributed by atoms with Crippen molar-refractivity contribution >= 4 is 11.8 Å². The third kappa shape index (κ3) is 3.65. The standard InChI is InChI=1S/C16H23NO3/c1-3-4-5-6-7-15-12-17(16(18)20-15)13-8-10-14(19-2)11-9-13/h8-11,15H,3-7,12H2,1-2H3. The van der Waals surface area contributed by atoms with Crippen LogP contribution < -0.4 is 9.64 Å². The zero-order valence-corrected chi connectivity index (χ0v) is 12.3. The van der Waals surface area contributed by atoms with Crippen molar-refractivity contribution in [2.75, 3.05) is 18.6 Å². The molecule has 1 aromatic rings. The predicted molar refractivity (Wildman–Crippen MR) is 79.4 cm³/mol. The molecule has 1 aliphatic rings. The smallest absolute Gasteiger partial charge is 0.414 e. The molecule has 0 aliphatic carbocycles. The summed E-state index contributed by atoms with van der Waals surface area (Å²) in [6.45, 7) is 2.85. The Morgan fingerprint density at radius 2 is 2.00 bits per heavy atom. The molecule has 1 atom stereocenters. The quantitative estimate of drug-likeness (QED) is 0.707. The van der Waals surface area contributed by atoms with E-state index >= 15 is 0 Å². The molecule has 20 heavy (non-hydrogen) atoms. The van der Waals surface area contributed by atoms with Crippen LogP contribution in [0.4, 0.5) is 10.5 Å². The van der Waals surface area contributed by atoms with E-state index in [4.69, 9.17) is 9.47 Å². The molecule has 1 saturated heterocycles. The number of ether oxygens (including phenoxy) is 2. The SMILES string of the molecule is CCCCCCC1CN(c2ccc(OC)cc2)C(=O)O1. The highest BCUT2D eigenvalue weighted by molar-refractivity contribution is 5.89. The van der Waals surface area contributed by atoms with Crippen molar-refractivity contribution in [3.8, 4) is 5.75 Å². The summed E-state index contributed by atoms with van der Waals surface area (Å²) in [7, 11) is 1.63. The molecule has 0 N–H and O–H groups in total. The van der Waals surface area contributed by atoms with Gasteiger partial charge in [0, 0.05) is 5.69 Å². The summed E-state index contributed by atoms with van der Waals surface area (Å²) in [4.78, 5) is 13.6. The lowest BCUT2D eigenvalue weighted by molar-refractivity contribution is 0.135. The Labute approximate surface area is 120 Å². The normalized spacial score (nSPS) is 18.2. The van der Waals surface area contributed by atoms with Crippen molar-refractivity contribution in [1.82, 2.24) is 0 Å². The van der Waals surface area contributed by atoms with Crippen LogP contribution in [0.2, 0.25) is 0 Å². The maximum absolute atomic E-state index is 11.9. The summed E-state index contributed by atoms with van der Waals surface area (Å²) in [5, 5.41) is 0. The van der Waals surface area contributed by atoms with Gasteiger partial charge in [-0.05, 0) is 37.1 Å². The molecular formula is C16H23NO3. The second-order valence-electron chi connectivity index (χ2n) is 5.16. The molecule has 110 valence electrons. The van der Waals surface area contributed by atoms with Crippen molar-refractivity contribution < 1.29 is 14.3 Å². The van der Waals surface area contributed by atoms with Gasteiger partial charge in [-0.15, -0.1) is 0 Å². The first-order chi connectivity index (χ1) is 9.74. The number of carbonyl (C=O) groups excluding carboxylic acids is 1. The molecule has 0 bridgehead atoms. The molecule has 1 fully saturated rings. The van der Waals surface area contributed by atoms with E-state index in [9.17, 15) is 4.79 Å². The first-order valence-electron chi connectivity index (χ1n) is 7.36. The number of nitrogens with zero attached hydrogens (tertiary/aromatic N) is 1. The lowest BCUT2D eigenvalue weighted by Crippen LogP contribution is -2.24. The van der Waals surface area contributed by atoms with Crippen molar-refractivity contribution in [1.29, 1.82) is 0 Å². The number of benzene rings is 1. The highest BCUT2D eigenvalue weighted by atomic mass is 16.6. The Hall–Kier alpha value is -1.71. The van der Waals surface area contributed by atoms with Gasteiger partial charge < -0.3 is 9.47 Å². The van der Waals surface area contributed by atoms with E-state index in [1.54, 1.807) is 12.0 Å². The van der Waals surface area contributed by atoms with Gasteiger partial charge in [0.25, 0.3) is 0 Å². The van der Waals surface area contributed by atoms with Crippen LogP contribution in [0.15, 0.2) is 24.3 Å². The Morgan fingerprint density at radius 3 is 2.65 bits per heavy atom. The molecule has 0 spiro atoms. The molecule has 4 nitrogen and oxygen atoms in total. The lowest BCUT2D eigenvalue weighted by Gasteiger charge is -2.13. The second kappa shape index (κ2) is 7.17. The molecule has 1 amide bonds. The van der Waals surface area contributed by atoms with Gasteiger partial charge >= 0.3 is 6.09 Å². The van der Waals surface area contributed by atoms with E-state index in [2.05, 4.69) is 6.92 Å². The molecule has 0 aromatic heterocycles. The number of amides is 1. The van der Waals surface area contributed by atoms with E-state index in [1.165, 1.54) is 19.3 Å². The largest absolute Gasteiger partial charge is 0.497 e. The Bertz CT molecular complexity index is 430. The van der Waals surface area contributed by atoms with Crippen LogP contribution in [0.25, 0.3) is 0 Å². The molecule has 1 unspecified atom stereocenters. The molecular weight excluding hydrogens is 254 g/mol. The minimum absolute atomic E-state index is 0.0291. The summed E-state index contributed by atoms with van der Waals surface area (Å²) >= 11 is 0. The van der Waals surface area contributed by atoms with Gasteiger partial charge in [0.15, 0.2) is 0 Å². The first kappa shape index (κ1) is 14.7. The van der Waals surface area contributed by atoms with Crippen LogP contribution >= 0.6 is 0 Å². The van der Waals surface area contributed by atoms with Gasteiger partial charge in [0.2, 0.25) is 0 Å². The molecule has 0 radical (unpaired) electrons. The predicted octanol–water partition coefficient (Wildman–Crippen LogP) is 3.99. The number of methoxy groups -OCH3 is 1. The lowest BCUT2D eigenvalue weighted by atomic mass is 10.1. The molecule has 0 saturated carbocycles. The third-order valence-corrected chi connectivity index (χ3v) is 3.64. The summed E-state index contributed by atoms with van der Waals surface area (Å²) in [5.74, 6) is 0.789. The van der Waals surface area contributed by atoms with Crippen molar-refractivity contribution in [3.05, 3.63) is 24.3 Å². The summed E-state index contributed by atoms with van der Waals surface area (Å²) < 4.78 is 10.5. The third-order valence-electron chi connectivity index (χ3n) is 3.64. The number of rotatable bonds is 7. The average Bonchev–Trinajstić information content (AvgIpc) is 2.85. The van der Waals surface area contributed by atoms with Crippen LogP contribution in [0.3, 0.4) is 0 Å². The summed E-state index contributed by atoms with van der Waals surface area (Å²) in [6, 6.07) is 7.49. The molecule has 1 aromatic carbocycles. The van der Waals surface area contributed by atoms with E-state index < -0.39 is 0 Å². The van der Waals surface area contributed by atoms with Crippen LogP contribution in [0, 0.1) is 0 Å². The Balaban J connectivity index is 1.88. The maximum Gasteiger partial charge on any atom is 0.414 e. The van der Waals surface area contributed by atoms with Crippen LogP contribution in [-0.4, -0.2) is 25.9 Å². The zero-order valence-electron chi connectivity index (χ0n) is 12.3. The van der Waals surface area contributed by atoms with Gasteiger partial charge in [0.1, 0.15) is 11.9 Å². The number of anilines is 1. The highest BCUT2D eigenvalue weighted by Crippen LogP contribution is 2.25. The molecule has 1 heterocycles. The minimum Gasteiger partial charge on any atom is -0.497 e. The van der Waals surface area contributed by atoms with E-state index in [-0.39, 0.29) is 12.2 Å². The van der Waals surface area contributed by atoms with Gasteiger partial charge in [0.05, 0.1) is 13.7 Å². The van der Waals surface area contributed by atoms with Gasteiger partial charge in [-0.25, -0.2) is 4.79 Å². The fraction of sp³-hybridized carbons (Fsp3) is 0.562. The minimum atomic E-state index is -0.240. The zero-order chi connectivity index (χ0) is 14.4. The highest BCUT2D eigenvalue weighted by Gasteiger charge is 2.31.